The SMILES string of the molecule is C=CC1=C(C=C)C[C@@H]([C@H](O)CNC(=O)c2ccnc(OC3CCN(C(=O)OCC(C)C)CC3)c2)NC1. The molecule has 2 atom stereocenters. The van der Waals surface area contributed by atoms with E-state index in [0.717, 1.165) is 11.1 Å². The number of hydrogen-bond donors (Lipinski definition) is 3. The molecule has 1 saturated heterocycles. The maximum Gasteiger partial charge on any atom is 0.409 e. The van der Waals surface area contributed by atoms with Gasteiger partial charge in [-0.1, -0.05) is 39.2 Å². The molecule has 1 aromatic heterocycles. The Bertz CT molecular complexity index is 969. The second kappa shape index (κ2) is 13.2. The fraction of sp³-hybridized carbons (Fsp3) is 0.519. The number of carbonyl (C=O) groups is 2. The van der Waals surface area contributed by atoms with E-state index < -0.39 is 6.10 Å². The number of carbonyl (C=O) groups excluding carboxylic acids is 2. The summed E-state index contributed by atoms with van der Waals surface area (Å²) in [6.07, 6.45) is 5.89. The Balaban J connectivity index is 1.46. The first-order valence-electron chi connectivity index (χ1n) is 12.5. The lowest BCUT2D eigenvalue weighted by Crippen LogP contribution is -2.48. The average molecular weight is 499 g/mol. The summed E-state index contributed by atoms with van der Waals surface area (Å²) < 4.78 is 11.3. The molecule has 3 N–H and O–H groups in total. The van der Waals surface area contributed by atoms with E-state index in [1.54, 1.807) is 29.2 Å². The van der Waals surface area contributed by atoms with E-state index in [9.17, 15) is 14.7 Å². The summed E-state index contributed by atoms with van der Waals surface area (Å²) in [5.41, 5.74) is 2.52. The van der Waals surface area contributed by atoms with Gasteiger partial charge in [0.1, 0.15) is 6.10 Å². The number of hydrogen-bond acceptors (Lipinski definition) is 7. The van der Waals surface area contributed by atoms with Crippen molar-refractivity contribution < 1.29 is 24.2 Å². The molecule has 1 fully saturated rings. The van der Waals surface area contributed by atoms with Crippen LogP contribution in [0, 0.1) is 5.92 Å². The molecule has 0 unspecified atom stereocenters. The Morgan fingerprint density at radius 1 is 1.28 bits per heavy atom. The summed E-state index contributed by atoms with van der Waals surface area (Å²) >= 11 is 0. The molecular formula is C27H38N4O5. The zero-order chi connectivity index (χ0) is 26.1. The minimum Gasteiger partial charge on any atom is -0.474 e. The number of pyridine rings is 1. The summed E-state index contributed by atoms with van der Waals surface area (Å²) in [7, 11) is 0. The van der Waals surface area contributed by atoms with Crippen LogP contribution in [-0.4, -0.2) is 78.0 Å². The average Bonchev–Trinajstić information content (AvgIpc) is 2.90. The van der Waals surface area contributed by atoms with E-state index in [-0.39, 0.29) is 30.7 Å². The van der Waals surface area contributed by atoms with E-state index >= 15 is 0 Å². The number of rotatable bonds is 10. The molecule has 9 nitrogen and oxygen atoms in total. The third kappa shape index (κ3) is 7.66. The normalized spacial score (nSPS) is 19.6. The van der Waals surface area contributed by atoms with Crippen LogP contribution in [0.5, 0.6) is 5.88 Å². The lowest BCUT2D eigenvalue weighted by molar-refractivity contribution is 0.0605. The molecule has 0 spiro atoms. The van der Waals surface area contributed by atoms with Gasteiger partial charge in [-0.2, -0.15) is 0 Å². The van der Waals surface area contributed by atoms with Gasteiger partial charge in [0.05, 0.1) is 12.7 Å². The number of ether oxygens (including phenoxy) is 2. The molecule has 2 amide bonds. The van der Waals surface area contributed by atoms with Gasteiger partial charge in [-0.15, -0.1) is 0 Å². The van der Waals surface area contributed by atoms with E-state index in [1.165, 1.54) is 6.20 Å². The summed E-state index contributed by atoms with van der Waals surface area (Å²) in [5, 5.41) is 16.7. The van der Waals surface area contributed by atoms with E-state index in [1.807, 2.05) is 13.8 Å². The van der Waals surface area contributed by atoms with Gasteiger partial charge in [0, 0.05) is 62.9 Å². The second-order valence-electron chi connectivity index (χ2n) is 9.59. The summed E-state index contributed by atoms with van der Waals surface area (Å²) in [6, 6.07) is 3.01. The molecule has 9 heteroatoms. The van der Waals surface area contributed by atoms with Gasteiger partial charge >= 0.3 is 6.09 Å². The number of likely N-dealkylation sites (tertiary alicyclic amines) is 1. The molecule has 2 aliphatic rings. The third-order valence-corrected chi connectivity index (χ3v) is 6.36. The standard InChI is InChI=1S/C27H38N4O5/c1-5-19-13-23(29-15-20(19)6-2)24(32)16-30-26(33)21-7-10-28-25(14-21)36-22-8-11-31(12-9-22)27(34)35-17-18(3)4/h5-7,10,14,18,22-24,29,32H,1-2,8-9,11-13,15-17H2,3-4H3,(H,30,33)/t23-,24+/m0/s1. The highest BCUT2D eigenvalue weighted by atomic mass is 16.6. The van der Waals surface area contributed by atoms with Crippen molar-refractivity contribution >= 4 is 12.0 Å². The van der Waals surface area contributed by atoms with Gasteiger partial charge in [-0.05, 0) is 29.6 Å². The summed E-state index contributed by atoms with van der Waals surface area (Å²) in [4.78, 5) is 30.8. The van der Waals surface area contributed by atoms with Crippen molar-refractivity contribution in [1.29, 1.82) is 0 Å². The minimum absolute atomic E-state index is 0.100. The van der Waals surface area contributed by atoms with Crippen molar-refractivity contribution in [1.82, 2.24) is 20.5 Å². The quantitative estimate of drug-likeness (QED) is 0.455. The number of piperidine rings is 1. The van der Waals surface area contributed by atoms with Crippen LogP contribution in [0.4, 0.5) is 4.79 Å². The van der Waals surface area contributed by atoms with Gasteiger partial charge in [0.2, 0.25) is 5.88 Å². The predicted octanol–water partition coefficient (Wildman–Crippen LogP) is 2.84. The minimum atomic E-state index is -0.759. The number of amides is 2. The lowest BCUT2D eigenvalue weighted by atomic mass is 9.93. The number of nitrogens with one attached hydrogen (secondary N) is 2. The van der Waals surface area contributed by atoms with Crippen molar-refractivity contribution in [3.8, 4) is 5.88 Å². The zero-order valence-corrected chi connectivity index (χ0v) is 21.2. The van der Waals surface area contributed by atoms with Crippen molar-refractivity contribution in [2.24, 2.45) is 5.92 Å². The summed E-state index contributed by atoms with van der Waals surface area (Å²) in [6.45, 7) is 13.9. The number of allylic oxidation sites excluding steroid dienone is 1. The fourth-order valence-corrected chi connectivity index (χ4v) is 4.20. The number of aliphatic hydroxyl groups excluding tert-OH is 1. The Labute approximate surface area is 213 Å². The highest BCUT2D eigenvalue weighted by molar-refractivity contribution is 5.94. The predicted molar refractivity (Wildman–Crippen MR) is 138 cm³/mol. The molecule has 2 aliphatic heterocycles. The molecule has 0 radical (unpaired) electrons. The maximum absolute atomic E-state index is 12.7. The van der Waals surface area contributed by atoms with Crippen molar-refractivity contribution in [3.63, 3.8) is 0 Å². The number of aromatic nitrogens is 1. The topological polar surface area (TPSA) is 113 Å². The Morgan fingerprint density at radius 3 is 2.67 bits per heavy atom. The molecular weight excluding hydrogens is 460 g/mol. The van der Waals surface area contributed by atoms with Gasteiger partial charge < -0.3 is 30.1 Å². The molecule has 0 aromatic carbocycles. The zero-order valence-electron chi connectivity index (χ0n) is 21.2. The highest BCUT2D eigenvalue weighted by Crippen LogP contribution is 2.21. The second-order valence-corrected chi connectivity index (χ2v) is 9.59. The Morgan fingerprint density at radius 2 is 2.00 bits per heavy atom. The van der Waals surface area contributed by atoms with E-state index in [0.29, 0.717) is 62.9 Å². The van der Waals surface area contributed by atoms with Crippen molar-refractivity contribution in [3.05, 3.63) is 60.3 Å². The van der Waals surface area contributed by atoms with Crippen LogP contribution in [0.1, 0.15) is 43.5 Å². The Kier molecular flexibility index (Phi) is 10.1. The molecule has 0 aliphatic carbocycles. The van der Waals surface area contributed by atoms with Gasteiger partial charge in [0.15, 0.2) is 0 Å². The molecule has 1 aromatic rings. The molecule has 3 rings (SSSR count). The highest BCUT2D eigenvalue weighted by Gasteiger charge is 2.26. The fourth-order valence-electron chi connectivity index (χ4n) is 4.20. The first kappa shape index (κ1) is 27.4. The van der Waals surface area contributed by atoms with Crippen LogP contribution >= 0.6 is 0 Å². The van der Waals surface area contributed by atoms with Crippen molar-refractivity contribution in [2.75, 3.05) is 32.8 Å². The van der Waals surface area contributed by atoms with Crippen molar-refractivity contribution in [2.45, 2.75) is 51.4 Å². The van der Waals surface area contributed by atoms with Crippen LogP contribution < -0.4 is 15.4 Å². The lowest BCUT2D eigenvalue weighted by Gasteiger charge is -2.31. The van der Waals surface area contributed by atoms with Crippen LogP contribution in [0.25, 0.3) is 0 Å². The first-order valence-corrected chi connectivity index (χ1v) is 12.5. The van der Waals surface area contributed by atoms with Gasteiger partial charge in [0.25, 0.3) is 5.91 Å². The maximum atomic E-state index is 12.7. The van der Waals surface area contributed by atoms with Crippen LogP contribution in [0.2, 0.25) is 0 Å². The molecule has 36 heavy (non-hydrogen) atoms. The van der Waals surface area contributed by atoms with Crippen LogP contribution in [0.15, 0.2) is 54.8 Å². The van der Waals surface area contributed by atoms with Gasteiger partial charge in [-0.3, -0.25) is 4.79 Å². The summed E-state index contributed by atoms with van der Waals surface area (Å²) in [5.74, 6) is 0.340. The molecule has 0 saturated carbocycles. The third-order valence-electron chi connectivity index (χ3n) is 6.36. The van der Waals surface area contributed by atoms with Crippen LogP contribution in [0.3, 0.4) is 0 Å². The number of nitrogens with zero attached hydrogens (tertiary/aromatic N) is 2. The van der Waals surface area contributed by atoms with E-state index in [2.05, 4.69) is 28.8 Å². The first-order chi connectivity index (χ1) is 17.3. The monoisotopic (exact) mass is 498 g/mol. The van der Waals surface area contributed by atoms with Crippen LogP contribution in [-0.2, 0) is 4.74 Å². The molecule has 3 heterocycles. The largest absolute Gasteiger partial charge is 0.474 e. The number of aliphatic hydroxyl groups is 1. The molecule has 196 valence electrons. The van der Waals surface area contributed by atoms with E-state index in [4.69, 9.17) is 9.47 Å². The van der Waals surface area contributed by atoms with Gasteiger partial charge in [-0.25, -0.2) is 9.78 Å². The Hall–Kier alpha value is -3.17. The smallest absolute Gasteiger partial charge is 0.409 e. The molecule has 0 bridgehead atoms.